The van der Waals surface area contributed by atoms with E-state index in [0.717, 1.165) is 0 Å². The quantitative estimate of drug-likeness (QED) is 0.784. The van der Waals surface area contributed by atoms with Gasteiger partial charge in [-0.3, -0.25) is 4.79 Å². The SMILES string of the molecule is CC(=O)c1cccc(S(=O)(=O)N2CC(C)(CC(F)F)C2)c1. The monoisotopic (exact) mass is 317 g/mol. The molecule has 0 atom stereocenters. The number of hydrogen-bond donors (Lipinski definition) is 0. The number of carbonyl (C=O) groups is 1. The van der Waals surface area contributed by atoms with E-state index in [9.17, 15) is 22.0 Å². The van der Waals surface area contributed by atoms with Crippen molar-refractivity contribution in [2.75, 3.05) is 13.1 Å². The molecular formula is C14H17F2NO3S. The maximum Gasteiger partial charge on any atom is 0.243 e. The zero-order valence-corrected chi connectivity index (χ0v) is 12.7. The molecule has 1 heterocycles. The van der Waals surface area contributed by atoms with Crippen LogP contribution in [0.15, 0.2) is 29.2 Å². The number of ketones is 1. The largest absolute Gasteiger partial charge is 0.295 e. The Morgan fingerprint density at radius 2 is 2.00 bits per heavy atom. The molecule has 1 aliphatic heterocycles. The Labute approximate surface area is 122 Å². The van der Waals surface area contributed by atoms with Crippen LogP contribution in [0.4, 0.5) is 8.78 Å². The van der Waals surface area contributed by atoms with Crippen LogP contribution in [0.5, 0.6) is 0 Å². The highest BCUT2D eigenvalue weighted by Gasteiger charge is 2.46. The van der Waals surface area contributed by atoms with E-state index >= 15 is 0 Å². The smallest absolute Gasteiger partial charge is 0.243 e. The first-order chi connectivity index (χ1) is 9.64. The molecule has 1 fully saturated rings. The first-order valence-electron chi connectivity index (χ1n) is 6.53. The van der Waals surface area contributed by atoms with Crippen LogP contribution in [0.1, 0.15) is 30.6 Å². The Hall–Kier alpha value is -1.34. The maximum absolute atomic E-state index is 12.4. The molecule has 1 saturated heterocycles. The average Bonchev–Trinajstić information content (AvgIpc) is 2.35. The molecule has 4 nitrogen and oxygen atoms in total. The fourth-order valence-electron chi connectivity index (χ4n) is 2.50. The molecule has 7 heteroatoms. The second-order valence-electron chi connectivity index (χ2n) is 5.76. The Morgan fingerprint density at radius 1 is 1.38 bits per heavy atom. The molecule has 0 radical (unpaired) electrons. The molecule has 0 bridgehead atoms. The minimum Gasteiger partial charge on any atom is -0.295 e. The summed E-state index contributed by atoms with van der Waals surface area (Å²) in [4.78, 5) is 11.3. The highest BCUT2D eigenvalue weighted by Crippen LogP contribution is 2.38. The van der Waals surface area contributed by atoms with E-state index in [0.29, 0.717) is 5.56 Å². The van der Waals surface area contributed by atoms with Crippen molar-refractivity contribution in [1.29, 1.82) is 0 Å². The lowest BCUT2D eigenvalue weighted by Gasteiger charge is -2.46. The van der Waals surface area contributed by atoms with Crippen LogP contribution in [0, 0.1) is 5.41 Å². The molecule has 2 rings (SSSR count). The summed E-state index contributed by atoms with van der Waals surface area (Å²) in [7, 11) is -3.73. The van der Waals surface area contributed by atoms with Gasteiger partial charge in [-0.1, -0.05) is 19.1 Å². The number of alkyl halides is 2. The fourth-order valence-corrected chi connectivity index (χ4v) is 4.29. The molecule has 1 aromatic rings. The van der Waals surface area contributed by atoms with Gasteiger partial charge >= 0.3 is 0 Å². The second kappa shape index (κ2) is 5.46. The Bertz CT molecular complexity index is 652. The number of nitrogens with zero attached hydrogens (tertiary/aromatic N) is 1. The van der Waals surface area contributed by atoms with E-state index in [1.54, 1.807) is 13.0 Å². The molecule has 0 aromatic heterocycles. The van der Waals surface area contributed by atoms with Gasteiger partial charge in [0.05, 0.1) is 4.90 Å². The molecule has 1 aromatic carbocycles. The minimum absolute atomic E-state index is 0.0225. The van der Waals surface area contributed by atoms with Gasteiger partial charge in [0, 0.05) is 30.5 Å². The van der Waals surface area contributed by atoms with Crippen molar-refractivity contribution in [3.63, 3.8) is 0 Å². The van der Waals surface area contributed by atoms with Gasteiger partial charge in [0.1, 0.15) is 0 Å². The maximum atomic E-state index is 12.4. The summed E-state index contributed by atoms with van der Waals surface area (Å²) in [6.45, 7) is 3.15. The van der Waals surface area contributed by atoms with E-state index < -0.39 is 21.9 Å². The molecule has 0 aliphatic carbocycles. The second-order valence-corrected chi connectivity index (χ2v) is 7.70. The third-order valence-electron chi connectivity index (χ3n) is 3.64. The third-order valence-corrected chi connectivity index (χ3v) is 5.43. The highest BCUT2D eigenvalue weighted by atomic mass is 32.2. The van der Waals surface area contributed by atoms with Gasteiger partial charge < -0.3 is 0 Å². The van der Waals surface area contributed by atoms with E-state index in [4.69, 9.17) is 0 Å². The molecule has 0 spiro atoms. The van der Waals surface area contributed by atoms with Crippen LogP contribution in [0.25, 0.3) is 0 Å². The van der Waals surface area contributed by atoms with E-state index in [-0.39, 0.29) is 30.2 Å². The minimum atomic E-state index is -3.73. The molecule has 0 N–H and O–H groups in total. The van der Waals surface area contributed by atoms with Crippen LogP contribution in [-0.4, -0.2) is 38.0 Å². The van der Waals surface area contributed by atoms with E-state index in [1.165, 1.54) is 29.4 Å². The molecule has 0 amide bonds. The normalized spacial score (nSPS) is 18.5. The van der Waals surface area contributed by atoms with Crippen LogP contribution in [0.3, 0.4) is 0 Å². The van der Waals surface area contributed by atoms with Crippen LogP contribution < -0.4 is 0 Å². The fraction of sp³-hybridized carbons (Fsp3) is 0.500. The average molecular weight is 317 g/mol. The first kappa shape index (κ1) is 16.0. The summed E-state index contributed by atoms with van der Waals surface area (Å²) < 4.78 is 50.8. The van der Waals surface area contributed by atoms with Crippen molar-refractivity contribution in [3.05, 3.63) is 29.8 Å². The molecule has 21 heavy (non-hydrogen) atoms. The lowest BCUT2D eigenvalue weighted by Crippen LogP contribution is -2.57. The number of sulfonamides is 1. The highest BCUT2D eigenvalue weighted by molar-refractivity contribution is 7.89. The van der Waals surface area contributed by atoms with Gasteiger partial charge in [0.2, 0.25) is 16.4 Å². The van der Waals surface area contributed by atoms with Gasteiger partial charge in [0.25, 0.3) is 0 Å². The topological polar surface area (TPSA) is 54.5 Å². The van der Waals surface area contributed by atoms with Gasteiger partial charge in [-0.25, -0.2) is 17.2 Å². The summed E-state index contributed by atoms with van der Waals surface area (Å²) in [5.41, 5.74) is -0.369. The lowest BCUT2D eigenvalue weighted by molar-refractivity contribution is 0.00977. The van der Waals surface area contributed by atoms with E-state index in [1.807, 2.05) is 0 Å². The molecule has 0 unspecified atom stereocenters. The summed E-state index contributed by atoms with van der Waals surface area (Å²) >= 11 is 0. The van der Waals surface area contributed by atoms with Crippen molar-refractivity contribution < 1.29 is 22.0 Å². The number of benzene rings is 1. The van der Waals surface area contributed by atoms with Crippen molar-refractivity contribution in [3.8, 4) is 0 Å². The molecular weight excluding hydrogens is 300 g/mol. The summed E-state index contributed by atoms with van der Waals surface area (Å²) in [6, 6.07) is 5.77. The zero-order valence-electron chi connectivity index (χ0n) is 11.8. The Balaban J connectivity index is 2.18. The molecule has 116 valence electrons. The van der Waals surface area contributed by atoms with Crippen molar-refractivity contribution in [1.82, 2.24) is 4.31 Å². The van der Waals surface area contributed by atoms with Crippen molar-refractivity contribution in [2.45, 2.75) is 31.6 Å². The Morgan fingerprint density at radius 3 is 2.52 bits per heavy atom. The van der Waals surface area contributed by atoms with Crippen LogP contribution in [-0.2, 0) is 10.0 Å². The van der Waals surface area contributed by atoms with Gasteiger partial charge in [0.15, 0.2) is 5.78 Å². The number of Topliss-reactive ketones (excluding diaryl/α,β-unsaturated/α-hetero) is 1. The molecule has 1 aliphatic rings. The number of carbonyl (C=O) groups excluding carboxylic acids is 1. The van der Waals surface area contributed by atoms with Gasteiger partial charge in [-0.2, -0.15) is 4.31 Å². The number of hydrogen-bond acceptors (Lipinski definition) is 3. The predicted octanol–water partition coefficient (Wildman–Crippen LogP) is 2.56. The van der Waals surface area contributed by atoms with Crippen molar-refractivity contribution in [2.24, 2.45) is 5.41 Å². The standard InChI is InChI=1S/C14H17F2NO3S/c1-10(18)11-4-3-5-12(6-11)21(19,20)17-8-14(2,9-17)7-13(15)16/h3-6,13H,7-9H2,1-2H3. The molecule has 0 saturated carbocycles. The third kappa shape index (κ3) is 3.29. The number of halogens is 2. The lowest BCUT2D eigenvalue weighted by atomic mass is 9.81. The summed E-state index contributed by atoms with van der Waals surface area (Å²) in [5.74, 6) is -0.224. The van der Waals surface area contributed by atoms with Crippen LogP contribution >= 0.6 is 0 Å². The van der Waals surface area contributed by atoms with Crippen LogP contribution in [0.2, 0.25) is 0 Å². The van der Waals surface area contributed by atoms with E-state index in [2.05, 4.69) is 0 Å². The zero-order chi connectivity index (χ0) is 15.8. The van der Waals surface area contributed by atoms with Gasteiger partial charge in [-0.05, 0) is 19.1 Å². The Kier molecular flexibility index (Phi) is 4.17. The van der Waals surface area contributed by atoms with Gasteiger partial charge in [-0.15, -0.1) is 0 Å². The van der Waals surface area contributed by atoms with Crippen molar-refractivity contribution >= 4 is 15.8 Å². The predicted molar refractivity (Wildman–Crippen MR) is 73.9 cm³/mol. The first-order valence-corrected chi connectivity index (χ1v) is 7.97. The number of rotatable bonds is 5. The summed E-state index contributed by atoms with van der Waals surface area (Å²) in [5, 5.41) is 0. The summed E-state index contributed by atoms with van der Waals surface area (Å²) in [6.07, 6.45) is -2.76.